The van der Waals surface area contributed by atoms with Crippen LogP contribution in [0.5, 0.6) is 0 Å². The van der Waals surface area contributed by atoms with E-state index in [0.717, 1.165) is 78.8 Å². The van der Waals surface area contributed by atoms with Crippen LogP contribution >= 0.6 is 0 Å². The second-order valence-corrected chi connectivity index (χ2v) is 34.4. The van der Waals surface area contributed by atoms with E-state index in [-0.39, 0.29) is 7.43 Å². The largest absolute Gasteiger partial charge is 0.297 e. The van der Waals surface area contributed by atoms with Gasteiger partial charge in [-0.2, -0.15) is 0 Å². The normalized spacial score (nSPS) is 11.4. The Kier molecular flexibility index (Phi) is 21.4. The molecule has 0 unspecified atom stereocenters. The highest BCUT2D eigenvalue weighted by Crippen LogP contribution is 2.50. The molecule has 26 rings (SSSR count). The molecule has 3 heterocycles. The lowest BCUT2D eigenvalue weighted by Crippen LogP contribution is -1.98. The standard InChI is InChI=1S/C45H30N2.C43H28N2.C40H28N2.CH4/c1-4-14-31(15-5-1)35-26-29-39-40(30-35)44(38-21-11-10-20-37(38)43(39)32-16-6-2-7-17-32)33-24-27-36(28-25-33)47-42-23-13-12-22-41(42)46-45(47)34-18-8-3-9-19-34;1-2-13-31(14-3-1)43-44-39-20-10-11-21-40(39)45(43)34-26-24-30(25-27-34)41-35-16-6-8-18-37(35)42(38-19-9-7-17-36(38)41)33-23-22-29-12-4-5-15-32(29)28-33;1-27-41-37-25-24-31(26-38(37)42(27)32-14-6-3-7-15-32)28-20-22-30(23-21-28)40-35-18-10-8-16-33(35)39(29-12-4-2-5-13-29)34-17-9-11-19-36(34)40;/h1-30H;1-28H;2-26H,1H3;1H4. The summed E-state index contributed by atoms with van der Waals surface area (Å²) in [6, 6.07) is 181. The Labute approximate surface area is 784 Å². The van der Waals surface area contributed by atoms with Crippen molar-refractivity contribution in [2.24, 2.45) is 0 Å². The van der Waals surface area contributed by atoms with Gasteiger partial charge in [0.25, 0.3) is 0 Å². The first-order valence-electron chi connectivity index (χ1n) is 45.9. The lowest BCUT2D eigenvalue weighted by molar-refractivity contribution is 1.00. The highest BCUT2D eigenvalue weighted by molar-refractivity contribution is 6.25. The molecule has 0 bridgehead atoms. The van der Waals surface area contributed by atoms with Crippen LogP contribution in [-0.2, 0) is 0 Å². The molecule has 3 aromatic heterocycles. The second kappa shape index (κ2) is 35.3. The molecule has 636 valence electrons. The van der Waals surface area contributed by atoms with E-state index in [9.17, 15) is 0 Å². The Bertz CT molecular complexity index is 8820. The minimum Gasteiger partial charge on any atom is -0.297 e. The van der Waals surface area contributed by atoms with Gasteiger partial charge in [-0.3, -0.25) is 13.7 Å². The number of imidazole rings is 3. The van der Waals surface area contributed by atoms with Crippen molar-refractivity contribution in [2.75, 3.05) is 0 Å². The first-order valence-corrected chi connectivity index (χ1v) is 45.9. The monoisotopic (exact) mass is 1720 g/mol. The Morgan fingerprint density at radius 3 is 0.844 bits per heavy atom. The Balaban J connectivity index is 0.000000114. The van der Waals surface area contributed by atoms with Crippen molar-refractivity contribution in [1.82, 2.24) is 28.7 Å². The number of nitrogens with zero attached hydrogens (tertiary/aromatic N) is 6. The zero-order chi connectivity index (χ0) is 88.9. The molecule has 6 heteroatoms. The van der Waals surface area contributed by atoms with Crippen molar-refractivity contribution in [2.45, 2.75) is 14.4 Å². The van der Waals surface area contributed by atoms with Crippen LogP contribution in [0, 0.1) is 6.92 Å². The first-order chi connectivity index (χ1) is 66.4. The van der Waals surface area contributed by atoms with E-state index in [0.29, 0.717) is 0 Å². The van der Waals surface area contributed by atoms with Crippen molar-refractivity contribution in [3.63, 3.8) is 0 Å². The fraction of sp³-hybridized carbons (Fsp3) is 0.0155. The molecule has 0 fully saturated rings. The van der Waals surface area contributed by atoms with E-state index in [4.69, 9.17) is 15.0 Å². The molecular weight excluding hydrogens is 1630 g/mol. The molecule has 0 saturated heterocycles. The van der Waals surface area contributed by atoms with E-state index in [1.165, 1.54) is 164 Å². The molecule has 0 radical (unpaired) electrons. The van der Waals surface area contributed by atoms with Gasteiger partial charge < -0.3 is 0 Å². The van der Waals surface area contributed by atoms with E-state index < -0.39 is 0 Å². The SMILES string of the molecule is C.Cc1nc2ccc(-c3ccc(-c4c5ccccc5c(-c5ccccc5)c5ccccc45)cc3)cc2n1-c1ccccc1.c1ccc(-c2ccc3c(-c4ccccc4)c4ccccc4c(-c4ccc(-n5c(-c6ccccc6)nc6ccccc65)cc4)c3c2)cc1.c1ccc(-c2nc3ccccc3n2-c2ccc(-c3c4ccccc4c(-c4ccc5ccccc5c4)c4ccccc34)cc2)cc1. The summed E-state index contributed by atoms with van der Waals surface area (Å²) in [5, 5.41) is 17.6. The van der Waals surface area contributed by atoms with Gasteiger partial charge in [-0.25, -0.2) is 15.0 Å². The average molecular weight is 1720 g/mol. The zero-order valence-electron chi connectivity index (χ0n) is 73.6. The summed E-state index contributed by atoms with van der Waals surface area (Å²) in [7, 11) is 0. The van der Waals surface area contributed by atoms with Crippen LogP contribution in [-0.4, -0.2) is 28.7 Å². The predicted octanol–water partition coefficient (Wildman–Crippen LogP) is 34.8. The maximum atomic E-state index is 5.06. The summed E-state index contributed by atoms with van der Waals surface area (Å²) in [4.78, 5) is 14.9. The van der Waals surface area contributed by atoms with Crippen molar-refractivity contribution in [1.29, 1.82) is 0 Å². The van der Waals surface area contributed by atoms with Gasteiger partial charge >= 0.3 is 0 Å². The summed E-state index contributed by atoms with van der Waals surface area (Å²) in [5.74, 6) is 2.87. The lowest BCUT2D eigenvalue weighted by atomic mass is 9.85. The molecule has 26 aromatic rings. The number of hydrogen-bond donors (Lipinski definition) is 0. The van der Waals surface area contributed by atoms with Crippen LogP contribution < -0.4 is 0 Å². The van der Waals surface area contributed by atoms with Crippen LogP contribution in [0.3, 0.4) is 0 Å². The van der Waals surface area contributed by atoms with Crippen molar-refractivity contribution >= 4 is 109 Å². The topological polar surface area (TPSA) is 53.5 Å². The van der Waals surface area contributed by atoms with E-state index in [1.807, 2.05) is 18.2 Å². The smallest absolute Gasteiger partial charge is 0.145 e. The number of rotatable bonds is 13. The Morgan fingerprint density at radius 1 is 0.156 bits per heavy atom. The molecule has 0 N–H and O–H groups in total. The first kappa shape index (κ1) is 81.8. The molecule has 0 atom stereocenters. The third-order valence-corrected chi connectivity index (χ3v) is 26.5. The van der Waals surface area contributed by atoms with Crippen molar-refractivity contribution < 1.29 is 0 Å². The van der Waals surface area contributed by atoms with Gasteiger partial charge in [-0.05, 0) is 256 Å². The quantitative estimate of drug-likeness (QED) is 0.108. The van der Waals surface area contributed by atoms with Crippen molar-refractivity contribution in [3.8, 4) is 129 Å². The maximum Gasteiger partial charge on any atom is 0.145 e. The third kappa shape index (κ3) is 14.9. The molecule has 6 nitrogen and oxygen atoms in total. The van der Waals surface area contributed by atoms with E-state index in [2.05, 4.69) is 506 Å². The highest BCUT2D eigenvalue weighted by Gasteiger charge is 2.25. The highest BCUT2D eigenvalue weighted by atomic mass is 15.1. The van der Waals surface area contributed by atoms with Crippen LogP contribution in [0.2, 0.25) is 0 Å². The van der Waals surface area contributed by atoms with Gasteiger partial charge in [0, 0.05) is 28.2 Å². The molecule has 135 heavy (non-hydrogen) atoms. The van der Waals surface area contributed by atoms with Crippen LogP contribution in [0.15, 0.2) is 504 Å². The van der Waals surface area contributed by atoms with E-state index >= 15 is 0 Å². The second-order valence-electron chi connectivity index (χ2n) is 34.4. The molecule has 0 amide bonds. The molecule has 0 aliphatic carbocycles. The van der Waals surface area contributed by atoms with Gasteiger partial charge in [-0.15, -0.1) is 0 Å². The fourth-order valence-corrected chi connectivity index (χ4v) is 20.5. The third-order valence-electron chi connectivity index (χ3n) is 26.5. The molecule has 0 aliphatic rings. The van der Waals surface area contributed by atoms with Crippen LogP contribution in [0.25, 0.3) is 237 Å². The van der Waals surface area contributed by atoms with Gasteiger partial charge in [0.2, 0.25) is 0 Å². The minimum atomic E-state index is 0. The average Bonchev–Trinajstić information content (AvgIpc) is 1.21. The number of fused-ring (bicyclic) bond motifs is 10. The number of aromatic nitrogens is 6. The van der Waals surface area contributed by atoms with Gasteiger partial charge in [0.05, 0.1) is 33.1 Å². The van der Waals surface area contributed by atoms with Gasteiger partial charge in [-0.1, -0.05) is 426 Å². The van der Waals surface area contributed by atoms with Crippen LogP contribution in [0.4, 0.5) is 0 Å². The molecule has 23 aromatic carbocycles. The maximum absolute atomic E-state index is 5.06. The predicted molar refractivity (Wildman–Crippen MR) is 572 cm³/mol. The fourth-order valence-electron chi connectivity index (χ4n) is 20.5. The number of para-hydroxylation sites is 5. The summed E-state index contributed by atoms with van der Waals surface area (Å²) < 4.78 is 6.78. The summed E-state index contributed by atoms with van der Waals surface area (Å²) in [6.45, 7) is 2.07. The summed E-state index contributed by atoms with van der Waals surface area (Å²) in [6.07, 6.45) is 0. The Morgan fingerprint density at radius 2 is 0.422 bits per heavy atom. The lowest BCUT2D eigenvalue weighted by Gasteiger charge is -2.19. The minimum absolute atomic E-state index is 0. The van der Waals surface area contributed by atoms with Gasteiger partial charge in [0.1, 0.15) is 17.5 Å². The van der Waals surface area contributed by atoms with Crippen LogP contribution in [0.1, 0.15) is 13.3 Å². The summed E-state index contributed by atoms with van der Waals surface area (Å²) in [5.41, 5.74) is 31.5. The van der Waals surface area contributed by atoms with E-state index in [1.54, 1.807) is 0 Å². The zero-order valence-corrected chi connectivity index (χ0v) is 73.6. The summed E-state index contributed by atoms with van der Waals surface area (Å²) >= 11 is 0. The molecule has 0 saturated carbocycles. The number of benzene rings is 23. The number of hydrogen-bond acceptors (Lipinski definition) is 3. The molecule has 0 aliphatic heterocycles. The Hall–Kier alpha value is -17.7. The van der Waals surface area contributed by atoms with Crippen molar-refractivity contribution in [3.05, 3.63) is 509 Å². The molecule has 0 spiro atoms. The number of aryl methyl sites for hydroxylation is 1. The van der Waals surface area contributed by atoms with Gasteiger partial charge in [0.15, 0.2) is 0 Å². The molecular formula is C129H90N6.